The van der Waals surface area contributed by atoms with Crippen LogP contribution in [-0.4, -0.2) is 24.6 Å². The van der Waals surface area contributed by atoms with E-state index in [4.69, 9.17) is 21.7 Å². The molecule has 1 aliphatic heterocycles. The summed E-state index contributed by atoms with van der Waals surface area (Å²) in [4.78, 5) is 12.6. The van der Waals surface area contributed by atoms with Gasteiger partial charge in [-0.05, 0) is 43.8 Å². The van der Waals surface area contributed by atoms with E-state index in [0.717, 1.165) is 11.3 Å². The van der Waals surface area contributed by atoms with Gasteiger partial charge in [-0.25, -0.2) is 0 Å². The molecule has 2 rings (SSSR count). The molecular formula is C15H18N2O3S. The molecule has 0 saturated carbocycles. The van der Waals surface area contributed by atoms with Crippen molar-refractivity contribution in [2.45, 2.75) is 19.9 Å². The number of thiocarbonyl (C=S) groups is 1. The number of hydrogen-bond acceptors (Lipinski definition) is 4. The molecule has 1 unspecified atom stereocenters. The number of hydrogen-bond donors (Lipinski definition) is 2. The van der Waals surface area contributed by atoms with Crippen LogP contribution in [0.25, 0.3) is 0 Å². The molecule has 0 aromatic heterocycles. The molecule has 0 spiro atoms. The average Bonchev–Trinajstić information content (AvgIpc) is 2.60. The van der Waals surface area contributed by atoms with Crippen LogP contribution in [-0.2, 0) is 9.53 Å². The Kier molecular flexibility index (Phi) is 4.80. The first-order valence-electron chi connectivity index (χ1n) is 6.66. The summed E-state index contributed by atoms with van der Waals surface area (Å²) >= 11 is 5.20. The highest BCUT2D eigenvalue weighted by Gasteiger charge is 2.29. The molecule has 1 aliphatic rings. The third kappa shape index (κ3) is 3.33. The molecule has 1 aromatic rings. The van der Waals surface area contributed by atoms with Crippen molar-refractivity contribution in [3.05, 3.63) is 41.3 Å². The van der Waals surface area contributed by atoms with E-state index < -0.39 is 6.04 Å². The van der Waals surface area contributed by atoms with E-state index in [1.54, 1.807) is 14.0 Å². The van der Waals surface area contributed by atoms with Crippen molar-refractivity contribution < 1.29 is 14.3 Å². The van der Waals surface area contributed by atoms with Gasteiger partial charge in [0.15, 0.2) is 16.8 Å². The number of carbonyl (C=O) groups excluding carboxylic acids is 1. The van der Waals surface area contributed by atoms with Gasteiger partial charge in [0.25, 0.3) is 0 Å². The summed E-state index contributed by atoms with van der Waals surface area (Å²) in [5.74, 6) is 1.08. The van der Waals surface area contributed by atoms with Crippen LogP contribution in [0.1, 0.15) is 25.5 Å². The predicted molar refractivity (Wildman–Crippen MR) is 83.9 cm³/mol. The van der Waals surface area contributed by atoms with Crippen molar-refractivity contribution in [1.29, 1.82) is 0 Å². The minimum atomic E-state index is -0.533. The van der Waals surface area contributed by atoms with E-state index in [1.165, 1.54) is 0 Å². The van der Waals surface area contributed by atoms with Crippen LogP contribution >= 0.6 is 12.2 Å². The Hall–Kier alpha value is -2.08. The molecule has 1 heterocycles. The lowest BCUT2D eigenvalue weighted by molar-refractivity contribution is -0.117. The fraction of sp³-hybridized carbons (Fsp3) is 0.333. The van der Waals surface area contributed by atoms with E-state index in [9.17, 15) is 4.79 Å². The molecule has 0 aliphatic carbocycles. The topological polar surface area (TPSA) is 59.6 Å². The maximum atomic E-state index is 12.6. The average molecular weight is 306 g/mol. The van der Waals surface area contributed by atoms with Crippen molar-refractivity contribution >= 4 is 23.1 Å². The zero-order valence-electron chi connectivity index (χ0n) is 12.2. The molecule has 0 amide bonds. The number of rotatable bonds is 4. The van der Waals surface area contributed by atoms with Crippen LogP contribution in [0, 0.1) is 0 Å². The summed E-state index contributed by atoms with van der Waals surface area (Å²) in [5, 5.41) is 6.29. The number of benzene rings is 1. The normalized spacial score (nSPS) is 18.7. The largest absolute Gasteiger partial charge is 0.497 e. The zero-order chi connectivity index (χ0) is 15.4. The van der Waals surface area contributed by atoms with Crippen molar-refractivity contribution in [3.8, 4) is 5.75 Å². The summed E-state index contributed by atoms with van der Waals surface area (Å²) < 4.78 is 10.6. The van der Waals surface area contributed by atoms with Crippen LogP contribution in [0.15, 0.2) is 35.7 Å². The van der Waals surface area contributed by atoms with Crippen LogP contribution in [0.2, 0.25) is 0 Å². The highest BCUT2D eigenvalue weighted by Crippen LogP contribution is 2.23. The Balaban J connectivity index is 2.34. The highest BCUT2D eigenvalue weighted by atomic mass is 32.1. The maximum absolute atomic E-state index is 12.6. The number of ketones is 1. The second-order valence-corrected chi connectivity index (χ2v) is 4.96. The number of ether oxygens (including phenoxy) is 2. The van der Waals surface area contributed by atoms with Gasteiger partial charge in [0.1, 0.15) is 11.8 Å². The minimum Gasteiger partial charge on any atom is -0.497 e. The van der Waals surface area contributed by atoms with Gasteiger partial charge in [-0.2, -0.15) is 0 Å². The SMILES string of the molecule is CCOC1=C(C)C(=O)C(c2ccc(OC)cc2)NC(=S)N1. The Labute approximate surface area is 129 Å². The van der Waals surface area contributed by atoms with Gasteiger partial charge in [0.2, 0.25) is 0 Å². The molecular weight excluding hydrogens is 288 g/mol. The highest BCUT2D eigenvalue weighted by molar-refractivity contribution is 7.80. The van der Waals surface area contributed by atoms with E-state index >= 15 is 0 Å². The Morgan fingerprint density at radius 1 is 1.29 bits per heavy atom. The predicted octanol–water partition coefficient (Wildman–Crippen LogP) is 2.05. The van der Waals surface area contributed by atoms with Gasteiger partial charge in [0, 0.05) is 0 Å². The molecule has 1 atom stereocenters. The molecule has 5 nitrogen and oxygen atoms in total. The molecule has 6 heteroatoms. The van der Waals surface area contributed by atoms with Crippen LogP contribution in [0.4, 0.5) is 0 Å². The molecule has 0 fully saturated rings. The van der Waals surface area contributed by atoms with Gasteiger partial charge < -0.3 is 20.1 Å². The molecule has 1 aromatic carbocycles. The second-order valence-electron chi connectivity index (χ2n) is 4.56. The van der Waals surface area contributed by atoms with E-state index in [-0.39, 0.29) is 5.78 Å². The first-order chi connectivity index (χ1) is 10.1. The van der Waals surface area contributed by atoms with Crippen molar-refractivity contribution in [2.24, 2.45) is 0 Å². The van der Waals surface area contributed by atoms with E-state index in [1.807, 2.05) is 31.2 Å². The van der Waals surface area contributed by atoms with Crippen molar-refractivity contribution in [3.63, 3.8) is 0 Å². The monoisotopic (exact) mass is 306 g/mol. The molecule has 2 N–H and O–H groups in total. The number of nitrogens with one attached hydrogen (secondary N) is 2. The lowest BCUT2D eigenvalue weighted by Crippen LogP contribution is -2.37. The second kappa shape index (κ2) is 6.58. The summed E-state index contributed by atoms with van der Waals surface area (Å²) in [5.41, 5.74) is 1.34. The van der Waals surface area contributed by atoms with E-state index in [2.05, 4.69) is 10.6 Å². The molecule has 0 saturated heterocycles. The Morgan fingerprint density at radius 3 is 2.52 bits per heavy atom. The number of methoxy groups -OCH3 is 1. The molecule has 21 heavy (non-hydrogen) atoms. The van der Waals surface area contributed by atoms with Gasteiger partial charge in [-0.15, -0.1) is 0 Å². The third-order valence-corrected chi connectivity index (χ3v) is 3.43. The van der Waals surface area contributed by atoms with Crippen LogP contribution in [0.3, 0.4) is 0 Å². The summed E-state index contributed by atoms with van der Waals surface area (Å²) in [6.45, 7) is 4.05. The standard InChI is InChI=1S/C15H18N2O3S/c1-4-20-14-9(2)13(18)12(16-15(21)17-14)10-5-7-11(19-3)8-6-10/h5-8,12H,4H2,1-3H3,(H2,16,17,21). The quantitative estimate of drug-likeness (QED) is 0.830. The van der Waals surface area contributed by atoms with Crippen molar-refractivity contribution in [1.82, 2.24) is 10.6 Å². The van der Waals surface area contributed by atoms with Crippen LogP contribution < -0.4 is 15.4 Å². The van der Waals surface area contributed by atoms with E-state index in [0.29, 0.717) is 23.2 Å². The summed E-state index contributed by atoms with van der Waals surface area (Å²) in [6, 6.07) is 6.78. The fourth-order valence-corrected chi connectivity index (χ4v) is 2.29. The Bertz CT molecular complexity index is 581. The minimum absolute atomic E-state index is 0.0732. The zero-order valence-corrected chi connectivity index (χ0v) is 13.0. The van der Waals surface area contributed by atoms with Gasteiger partial charge in [-0.1, -0.05) is 12.1 Å². The van der Waals surface area contributed by atoms with Gasteiger partial charge >= 0.3 is 0 Å². The lowest BCUT2D eigenvalue weighted by Gasteiger charge is -2.16. The van der Waals surface area contributed by atoms with Gasteiger partial charge in [0.05, 0.1) is 19.3 Å². The first kappa shape index (κ1) is 15.3. The number of carbonyl (C=O) groups is 1. The van der Waals surface area contributed by atoms with Crippen molar-refractivity contribution in [2.75, 3.05) is 13.7 Å². The first-order valence-corrected chi connectivity index (χ1v) is 7.07. The Morgan fingerprint density at radius 2 is 1.95 bits per heavy atom. The summed E-state index contributed by atoms with van der Waals surface area (Å²) in [6.07, 6.45) is 0. The third-order valence-electron chi connectivity index (χ3n) is 3.21. The summed E-state index contributed by atoms with van der Waals surface area (Å²) in [7, 11) is 1.60. The smallest absolute Gasteiger partial charge is 0.199 e. The lowest BCUT2D eigenvalue weighted by atomic mass is 9.98. The van der Waals surface area contributed by atoms with Gasteiger partial charge in [-0.3, -0.25) is 4.79 Å². The molecule has 0 radical (unpaired) electrons. The molecule has 0 bridgehead atoms. The molecule has 112 valence electrons. The fourth-order valence-electron chi connectivity index (χ4n) is 2.08. The number of Topliss-reactive ketones (excluding diaryl/α,β-unsaturated/α-hetero) is 1. The van der Waals surface area contributed by atoms with Crippen LogP contribution in [0.5, 0.6) is 5.75 Å². The maximum Gasteiger partial charge on any atom is 0.199 e.